The summed E-state index contributed by atoms with van der Waals surface area (Å²) >= 11 is 0. The fourth-order valence-corrected chi connectivity index (χ4v) is 2.47. The van der Waals surface area contributed by atoms with E-state index in [1.807, 2.05) is 25.1 Å². The van der Waals surface area contributed by atoms with Gasteiger partial charge in [-0.25, -0.2) is 0 Å². The summed E-state index contributed by atoms with van der Waals surface area (Å²) in [5, 5.41) is 10.2. The molecule has 4 nitrogen and oxygen atoms in total. The molecule has 0 spiro atoms. The van der Waals surface area contributed by atoms with Gasteiger partial charge in [0.15, 0.2) is 0 Å². The summed E-state index contributed by atoms with van der Waals surface area (Å²) in [6.07, 6.45) is 0.730. The Hall–Kier alpha value is -1.91. The van der Waals surface area contributed by atoms with Gasteiger partial charge in [-0.2, -0.15) is 0 Å². The van der Waals surface area contributed by atoms with Crippen molar-refractivity contribution in [3.63, 3.8) is 0 Å². The first-order valence-corrected chi connectivity index (χ1v) is 6.65. The van der Waals surface area contributed by atoms with Gasteiger partial charge in [0.1, 0.15) is 12.5 Å². The molecule has 3 rings (SSSR count). The van der Waals surface area contributed by atoms with Gasteiger partial charge in [0.2, 0.25) is 0 Å². The first-order chi connectivity index (χ1) is 9.75. The molecule has 1 N–H and O–H groups in total. The number of aryl methyl sites for hydroxylation is 1. The monoisotopic (exact) mass is 271 g/mol. The number of nitrogens with zero attached hydrogens (tertiary/aromatic N) is 1. The highest BCUT2D eigenvalue weighted by atomic mass is 16.7. The molecule has 0 atom stereocenters. The Morgan fingerprint density at radius 3 is 2.55 bits per heavy atom. The van der Waals surface area contributed by atoms with Crippen LogP contribution < -0.4 is 0 Å². The molecule has 104 valence electrons. The Kier molecular flexibility index (Phi) is 3.67. The highest BCUT2D eigenvalue weighted by Crippen LogP contribution is 2.30. The van der Waals surface area contributed by atoms with Gasteiger partial charge in [0.05, 0.1) is 24.6 Å². The smallest absolute Gasteiger partial charge is 0.147 e. The SMILES string of the molecule is Cc1nc(Cc2ccccc2)c2c(c1O)COCOC2. The molecular formula is C16H17NO3. The summed E-state index contributed by atoms with van der Waals surface area (Å²) < 4.78 is 10.8. The third-order valence-electron chi connectivity index (χ3n) is 3.52. The van der Waals surface area contributed by atoms with E-state index in [1.54, 1.807) is 0 Å². The van der Waals surface area contributed by atoms with Gasteiger partial charge in [0.25, 0.3) is 0 Å². The minimum Gasteiger partial charge on any atom is -0.506 e. The molecule has 1 aliphatic rings. The molecule has 0 fully saturated rings. The zero-order valence-corrected chi connectivity index (χ0v) is 11.4. The van der Waals surface area contributed by atoms with Crippen LogP contribution >= 0.6 is 0 Å². The van der Waals surface area contributed by atoms with Gasteiger partial charge in [-0.1, -0.05) is 30.3 Å². The predicted molar refractivity (Wildman–Crippen MR) is 74.3 cm³/mol. The molecule has 0 amide bonds. The lowest BCUT2D eigenvalue weighted by molar-refractivity contribution is -0.0589. The molecule has 2 aromatic rings. The Morgan fingerprint density at radius 1 is 1.10 bits per heavy atom. The quantitative estimate of drug-likeness (QED) is 0.912. The minimum atomic E-state index is 0.224. The second-order valence-electron chi connectivity index (χ2n) is 4.93. The van der Waals surface area contributed by atoms with E-state index in [1.165, 1.54) is 5.56 Å². The van der Waals surface area contributed by atoms with Crippen molar-refractivity contribution in [3.8, 4) is 5.75 Å². The maximum absolute atomic E-state index is 10.2. The Balaban J connectivity index is 2.04. The molecule has 0 aliphatic carbocycles. The number of aromatic nitrogens is 1. The molecule has 0 unspecified atom stereocenters. The number of ether oxygens (including phenoxy) is 2. The first-order valence-electron chi connectivity index (χ1n) is 6.65. The van der Waals surface area contributed by atoms with Gasteiger partial charge >= 0.3 is 0 Å². The Bertz CT molecular complexity index is 611. The van der Waals surface area contributed by atoms with E-state index >= 15 is 0 Å². The van der Waals surface area contributed by atoms with Crippen LogP contribution in [0.1, 0.15) is 28.1 Å². The van der Waals surface area contributed by atoms with Crippen LogP contribution in [0.5, 0.6) is 5.75 Å². The summed E-state index contributed by atoms with van der Waals surface area (Å²) in [6, 6.07) is 10.2. The van der Waals surface area contributed by atoms with Crippen LogP contribution in [0, 0.1) is 6.92 Å². The van der Waals surface area contributed by atoms with Crippen molar-refractivity contribution in [1.82, 2.24) is 4.98 Å². The van der Waals surface area contributed by atoms with Gasteiger partial charge in [-0.15, -0.1) is 0 Å². The Labute approximate surface area is 118 Å². The molecule has 1 aromatic heterocycles. The van der Waals surface area contributed by atoms with Crippen molar-refractivity contribution in [2.24, 2.45) is 0 Å². The third-order valence-corrected chi connectivity index (χ3v) is 3.52. The number of hydrogen-bond acceptors (Lipinski definition) is 4. The fourth-order valence-electron chi connectivity index (χ4n) is 2.47. The summed E-state index contributed by atoms with van der Waals surface area (Å²) in [7, 11) is 0. The average Bonchev–Trinajstić information content (AvgIpc) is 2.72. The van der Waals surface area contributed by atoms with E-state index in [9.17, 15) is 5.11 Å². The van der Waals surface area contributed by atoms with Crippen LogP contribution in [0.3, 0.4) is 0 Å². The summed E-state index contributed by atoms with van der Waals surface area (Å²) in [6.45, 7) is 2.86. The zero-order valence-electron chi connectivity index (χ0n) is 11.4. The van der Waals surface area contributed by atoms with Crippen molar-refractivity contribution in [1.29, 1.82) is 0 Å². The van der Waals surface area contributed by atoms with E-state index < -0.39 is 0 Å². The van der Waals surface area contributed by atoms with Crippen LogP contribution in [0.2, 0.25) is 0 Å². The van der Waals surface area contributed by atoms with Crippen LogP contribution in [0.25, 0.3) is 0 Å². The topological polar surface area (TPSA) is 51.6 Å². The van der Waals surface area contributed by atoms with Gasteiger partial charge < -0.3 is 14.6 Å². The highest BCUT2D eigenvalue weighted by molar-refractivity contribution is 5.45. The number of rotatable bonds is 2. The first kappa shape index (κ1) is 13.1. The Morgan fingerprint density at radius 2 is 1.80 bits per heavy atom. The van der Waals surface area contributed by atoms with E-state index in [0.29, 0.717) is 18.9 Å². The fraction of sp³-hybridized carbons (Fsp3) is 0.312. The van der Waals surface area contributed by atoms with Gasteiger partial charge in [0, 0.05) is 17.5 Å². The highest BCUT2D eigenvalue weighted by Gasteiger charge is 2.20. The third kappa shape index (κ3) is 2.53. The number of fused-ring (bicyclic) bond motifs is 1. The van der Waals surface area contributed by atoms with Gasteiger partial charge in [-0.05, 0) is 12.5 Å². The summed E-state index contributed by atoms with van der Waals surface area (Å²) in [5.41, 5.74) is 4.54. The maximum atomic E-state index is 10.2. The lowest BCUT2D eigenvalue weighted by Gasteiger charge is -2.14. The molecule has 0 radical (unpaired) electrons. The second kappa shape index (κ2) is 5.61. The van der Waals surface area contributed by atoms with Gasteiger partial charge in [-0.3, -0.25) is 4.98 Å². The molecular weight excluding hydrogens is 254 g/mol. The average molecular weight is 271 g/mol. The van der Waals surface area contributed by atoms with Crippen LogP contribution in [-0.2, 0) is 29.1 Å². The lowest BCUT2D eigenvalue weighted by atomic mass is 10.00. The van der Waals surface area contributed by atoms with Crippen LogP contribution in [0.4, 0.5) is 0 Å². The number of hydrogen-bond donors (Lipinski definition) is 1. The largest absolute Gasteiger partial charge is 0.506 e. The van der Waals surface area contributed by atoms with Crippen molar-refractivity contribution in [3.05, 3.63) is 58.4 Å². The normalized spacial score (nSPS) is 14.7. The number of aromatic hydroxyl groups is 1. The van der Waals surface area contributed by atoms with E-state index in [2.05, 4.69) is 17.1 Å². The minimum absolute atomic E-state index is 0.224. The van der Waals surface area contributed by atoms with E-state index in [-0.39, 0.29) is 12.5 Å². The lowest BCUT2D eigenvalue weighted by Crippen LogP contribution is -2.06. The molecule has 1 aromatic carbocycles. The number of pyridine rings is 1. The molecule has 4 heteroatoms. The second-order valence-corrected chi connectivity index (χ2v) is 4.93. The van der Waals surface area contributed by atoms with Crippen molar-refractivity contribution >= 4 is 0 Å². The van der Waals surface area contributed by atoms with E-state index in [4.69, 9.17) is 9.47 Å². The van der Waals surface area contributed by atoms with Crippen LogP contribution in [-0.4, -0.2) is 16.9 Å². The zero-order chi connectivity index (χ0) is 13.9. The predicted octanol–water partition coefficient (Wildman–Crippen LogP) is 2.69. The van der Waals surface area contributed by atoms with Crippen molar-refractivity contribution in [2.45, 2.75) is 26.6 Å². The molecule has 0 saturated heterocycles. The van der Waals surface area contributed by atoms with Crippen molar-refractivity contribution in [2.75, 3.05) is 6.79 Å². The standard InChI is InChI=1S/C16H17NO3/c1-11-16(18)14-9-20-10-19-8-13(14)15(17-11)7-12-5-3-2-4-6-12/h2-6,18H,7-10H2,1H3. The molecule has 1 aliphatic heterocycles. The molecule has 0 saturated carbocycles. The maximum Gasteiger partial charge on any atom is 0.147 e. The van der Waals surface area contributed by atoms with E-state index in [0.717, 1.165) is 23.2 Å². The van der Waals surface area contributed by atoms with Crippen molar-refractivity contribution < 1.29 is 14.6 Å². The molecule has 20 heavy (non-hydrogen) atoms. The summed E-state index contributed by atoms with van der Waals surface area (Å²) in [5.74, 6) is 0.224. The summed E-state index contributed by atoms with van der Waals surface area (Å²) in [4.78, 5) is 4.54. The number of benzene rings is 1. The molecule has 0 bridgehead atoms. The van der Waals surface area contributed by atoms with Crippen LogP contribution in [0.15, 0.2) is 30.3 Å². The molecule has 2 heterocycles.